The molecule has 0 aliphatic carbocycles. The van der Waals surface area contributed by atoms with Crippen LogP contribution in [0, 0.1) is 0 Å². The molecule has 0 aromatic carbocycles. The first-order valence-electron chi connectivity index (χ1n) is 7.78. The average Bonchev–Trinajstić information content (AvgIpc) is 2.49. The van der Waals surface area contributed by atoms with Crippen LogP contribution in [-0.2, 0) is 14.2 Å². The van der Waals surface area contributed by atoms with Crippen molar-refractivity contribution < 1.29 is 29.3 Å². The van der Waals surface area contributed by atoms with Crippen LogP contribution in [0.1, 0.15) is 58.3 Å². The highest BCUT2D eigenvalue weighted by molar-refractivity contribution is 7.37. The van der Waals surface area contributed by atoms with Gasteiger partial charge in [0.15, 0.2) is 6.16 Å². The van der Waals surface area contributed by atoms with Crippen LogP contribution in [-0.4, -0.2) is 46.3 Å². The molecule has 0 aliphatic rings. The van der Waals surface area contributed by atoms with Gasteiger partial charge in [0.2, 0.25) is 0 Å². The van der Waals surface area contributed by atoms with E-state index in [1.54, 1.807) is 6.92 Å². The molecule has 138 valence electrons. The average molecular weight is 355 g/mol. The van der Waals surface area contributed by atoms with E-state index in [2.05, 4.69) is 0 Å². The van der Waals surface area contributed by atoms with Gasteiger partial charge in [-0.05, 0) is 50.3 Å². The molecular weight excluding hydrogens is 323 g/mol. The van der Waals surface area contributed by atoms with Gasteiger partial charge in [-0.2, -0.15) is 4.89 Å². The Kier molecular flexibility index (Phi) is 27.0. The van der Waals surface area contributed by atoms with Crippen molar-refractivity contribution in [1.82, 2.24) is 0 Å². The molecule has 0 saturated heterocycles. The minimum Gasteiger partial charge on any atom is -0.481 e. The second kappa shape index (κ2) is 23.2. The Morgan fingerprint density at radius 2 is 1.13 bits per heavy atom. The molecule has 0 saturated carbocycles. The molecule has 0 aromatic rings. The zero-order valence-electron chi connectivity index (χ0n) is 13.9. The molecule has 0 spiro atoms. The lowest BCUT2D eigenvalue weighted by molar-refractivity contribution is -0.138. The molecule has 0 rings (SSSR count). The van der Waals surface area contributed by atoms with Crippen molar-refractivity contribution in [3.05, 3.63) is 0 Å². The monoisotopic (exact) mass is 355 g/mol. The topological polar surface area (TPSA) is 164 Å². The van der Waals surface area contributed by atoms with Gasteiger partial charge in [-0.1, -0.05) is 12.8 Å². The van der Waals surface area contributed by atoms with E-state index in [-0.39, 0.29) is 12.8 Å². The van der Waals surface area contributed by atoms with E-state index in [0.29, 0.717) is 19.3 Å². The van der Waals surface area contributed by atoms with Crippen molar-refractivity contribution >= 4 is 20.0 Å². The summed E-state index contributed by atoms with van der Waals surface area (Å²) in [4.78, 5) is 27.7. The van der Waals surface area contributed by atoms with Gasteiger partial charge in [0.1, 0.15) is 0 Å². The van der Waals surface area contributed by atoms with Crippen LogP contribution >= 0.6 is 8.03 Å². The highest BCUT2D eigenvalue weighted by Crippen LogP contribution is 2.08. The number of aliphatic carboxylic acids is 2. The maximum absolute atomic E-state index is 9.93. The lowest BCUT2D eigenvalue weighted by atomic mass is 10.2. The molecule has 0 amide bonds. The minimum absolute atomic E-state index is 0.278. The molecule has 8 nitrogen and oxygen atoms in total. The van der Waals surface area contributed by atoms with Crippen LogP contribution in [0.5, 0.6) is 0 Å². The van der Waals surface area contributed by atoms with Crippen molar-refractivity contribution in [2.24, 2.45) is 11.5 Å². The van der Waals surface area contributed by atoms with Gasteiger partial charge in [0, 0.05) is 12.8 Å². The number of rotatable bonds is 11. The lowest BCUT2D eigenvalue weighted by Crippen LogP contribution is -1.99. The molecular formula is C14H32N2O6P+. The Bertz CT molecular complexity index is 281. The Balaban J connectivity index is -0.000000273. The van der Waals surface area contributed by atoms with Gasteiger partial charge < -0.3 is 21.7 Å². The fourth-order valence-electron chi connectivity index (χ4n) is 1.19. The summed E-state index contributed by atoms with van der Waals surface area (Å²) in [6.45, 7) is 3.00. The van der Waals surface area contributed by atoms with E-state index in [1.165, 1.54) is 0 Å². The second-order valence-corrected chi connectivity index (χ2v) is 5.99. The van der Waals surface area contributed by atoms with Crippen molar-refractivity contribution in [2.45, 2.75) is 58.3 Å². The molecule has 0 fully saturated rings. The van der Waals surface area contributed by atoms with Crippen LogP contribution in [0.15, 0.2) is 0 Å². The third kappa shape index (κ3) is 44.9. The van der Waals surface area contributed by atoms with Gasteiger partial charge in [0.25, 0.3) is 0 Å². The molecule has 7 N–H and O–H groups in total. The van der Waals surface area contributed by atoms with Gasteiger partial charge in [0.05, 0.1) is 0 Å². The molecule has 1 atom stereocenters. The first kappa shape index (κ1) is 26.8. The van der Waals surface area contributed by atoms with Gasteiger partial charge in [-0.3, -0.25) is 9.59 Å². The molecule has 0 heterocycles. The summed E-state index contributed by atoms with van der Waals surface area (Å²) < 4.78 is 9.52. The number of carboxylic acid groups (broad SMARTS) is 2. The fourth-order valence-corrected chi connectivity index (χ4v) is 1.19. The van der Waals surface area contributed by atoms with E-state index in [1.807, 2.05) is 0 Å². The van der Waals surface area contributed by atoms with Crippen LogP contribution in [0.2, 0.25) is 0 Å². The Hall–Kier alpha value is -1.08. The zero-order valence-corrected chi connectivity index (χ0v) is 14.8. The molecule has 23 heavy (non-hydrogen) atoms. The predicted molar refractivity (Wildman–Crippen MR) is 90.7 cm³/mol. The molecule has 9 heteroatoms. The first-order chi connectivity index (χ1) is 10.8. The summed E-state index contributed by atoms with van der Waals surface area (Å²) in [6, 6.07) is 0. The highest BCUT2D eigenvalue weighted by Gasteiger charge is 1.99. The van der Waals surface area contributed by atoms with E-state index in [9.17, 15) is 14.2 Å². The third-order valence-corrected chi connectivity index (χ3v) is 3.00. The number of carbonyl (C=O) groups is 2. The summed E-state index contributed by atoms with van der Waals surface area (Å²) in [7, 11) is -1.85. The first-order valence-corrected chi connectivity index (χ1v) is 9.18. The largest absolute Gasteiger partial charge is 0.505 e. The Labute approximate surface area is 139 Å². The van der Waals surface area contributed by atoms with Crippen LogP contribution in [0.4, 0.5) is 0 Å². The zero-order chi connectivity index (χ0) is 18.5. The van der Waals surface area contributed by atoms with Crippen molar-refractivity contribution in [3.8, 4) is 0 Å². The molecule has 0 radical (unpaired) electrons. The van der Waals surface area contributed by atoms with Gasteiger partial charge in [-0.15, -0.1) is 0 Å². The van der Waals surface area contributed by atoms with Crippen LogP contribution in [0.25, 0.3) is 0 Å². The SMILES string of the molecule is CC[P+](=O)O.NCCCCCC(=O)O.NCCCCCC(=O)O. The van der Waals surface area contributed by atoms with Crippen molar-refractivity contribution in [3.63, 3.8) is 0 Å². The fraction of sp³-hybridized carbons (Fsp3) is 0.857. The smallest absolute Gasteiger partial charge is 0.481 e. The molecule has 0 aliphatic heterocycles. The lowest BCUT2D eigenvalue weighted by Gasteiger charge is -1.93. The standard InChI is InChI=1S/2C6H13NO2.C2H5O2P/c2*7-5-3-1-2-4-6(8)9;1-2-5(3)4/h2*1-5,7H2,(H,8,9);2H2,1H3/p+1. The van der Waals surface area contributed by atoms with Gasteiger partial charge in [-0.25, -0.2) is 0 Å². The van der Waals surface area contributed by atoms with Crippen molar-refractivity contribution in [1.29, 1.82) is 0 Å². The van der Waals surface area contributed by atoms with Crippen LogP contribution in [0.3, 0.4) is 0 Å². The summed E-state index contributed by atoms with van der Waals surface area (Å²) in [5, 5.41) is 16.4. The minimum atomic E-state index is -1.85. The molecule has 1 unspecified atom stereocenters. The number of hydrogen-bond donors (Lipinski definition) is 5. The Morgan fingerprint density at radius 1 is 0.826 bits per heavy atom. The second-order valence-electron chi connectivity index (χ2n) is 4.65. The Morgan fingerprint density at radius 3 is 1.30 bits per heavy atom. The van der Waals surface area contributed by atoms with Gasteiger partial charge >= 0.3 is 20.0 Å². The predicted octanol–water partition coefficient (Wildman–Crippen LogP) is 1.92. The maximum Gasteiger partial charge on any atom is 0.505 e. The van der Waals surface area contributed by atoms with E-state index in [0.717, 1.165) is 38.5 Å². The van der Waals surface area contributed by atoms with E-state index >= 15 is 0 Å². The number of hydrogen-bond acceptors (Lipinski definition) is 5. The molecule has 0 aromatic heterocycles. The van der Waals surface area contributed by atoms with Crippen LogP contribution < -0.4 is 11.5 Å². The maximum atomic E-state index is 9.93. The number of unbranched alkanes of at least 4 members (excludes halogenated alkanes) is 4. The quantitative estimate of drug-likeness (QED) is 0.277. The van der Waals surface area contributed by atoms with E-state index < -0.39 is 20.0 Å². The highest BCUT2D eigenvalue weighted by atomic mass is 31.1. The van der Waals surface area contributed by atoms with E-state index in [4.69, 9.17) is 26.6 Å². The summed E-state index contributed by atoms with van der Waals surface area (Å²) in [6.07, 6.45) is 6.18. The number of nitrogens with two attached hydrogens (primary N) is 2. The summed E-state index contributed by atoms with van der Waals surface area (Å²) in [5.41, 5.74) is 10.4. The molecule has 0 bridgehead atoms. The summed E-state index contributed by atoms with van der Waals surface area (Å²) >= 11 is 0. The normalized spacial score (nSPS) is 9.83. The number of carboxylic acids is 2. The summed E-state index contributed by atoms with van der Waals surface area (Å²) in [5.74, 6) is -1.43. The third-order valence-electron chi connectivity index (χ3n) is 2.46. The van der Waals surface area contributed by atoms with Crippen molar-refractivity contribution in [2.75, 3.05) is 19.3 Å².